The van der Waals surface area contributed by atoms with Crippen LogP contribution in [0.15, 0.2) is 29.2 Å². The van der Waals surface area contributed by atoms with Gasteiger partial charge >= 0.3 is 11.5 Å². The smallest absolute Gasteiger partial charge is 0.446 e. The van der Waals surface area contributed by atoms with Crippen molar-refractivity contribution in [2.75, 3.05) is 7.05 Å². The summed E-state index contributed by atoms with van der Waals surface area (Å²) in [7, 11) is 1.35. The van der Waals surface area contributed by atoms with Crippen LogP contribution in [0.5, 0.6) is 0 Å². The molecule has 21 heavy (non-hydrogen) atoms. The number of alkyl halides is 3. The number of carbonyl (C=O) groups is 2. The molecule has 0 heterocycles. The second kappa shape index (κ2) is 6.84. The second-order valence-electron chi connectivity index (χ2n) is 4.25. The van der Waals surface area contributed by atoms with Gasteiger partial charge in [-0.05, 0) is 42.4 Å². The van der Waals surface area contributed by atoms with E-state index in [2.05, 4.69) is 0 Å². The zero-order valence-electron chi connectivity index (χ0n) is 11.3. The Morgan fingerprint density at radius 1 is 1.29 bits per heavy atom. The lowest BCUT2D eigenvalue weighted by Gasteiger charge is -2.23. The first-order valence-electron chi connectivity index (χ1n) is 6.01. The molecule has 0 aliphatic rings. The van der Waals surface area contributed by atoms with Crippen LogP contribution in [0, 0.1) is 0 Å². The van der Waals surface area contributed by atoms with E-state index in [4.69, 9.17) is 5.11 Å². The van der Waals surface area contributed by atoms with Crippen LogP contribution in [0.1, 0.15) is 23.7 Å². The predicted octanol–water partition coefficient (Wildman–Crippen LogP) is 3.23. The fourth-order valence-corrected chi connectivity index (χ4v) is 2.30. The van der Waals surface area contributed by atoms with Crippen LogP contribution < -0.4 is 0 Å². The molecule has 1 atom stereocenters. The van der Waals surface area contributed by atoms with Crippen molar-refractivity contribution in [1.29, 1.82) is 0 Å². The lowest BCUT2D eigenvalue weighted by Crippen LogP contribution is -2.41. The highest BCUT2D eigenvalue weighted by Crippen LogP contribution is 2.36. The van der Waals surface area contributed by atoms with E-state index in [9.17, 15) is 22.8 Å². The quantitative estimate of drug-likeness (QED) is 0.846. The van der Waals surface area contributed by atoms with Gasteiger partial charge in [-0.3, -0.25) is 4.79 Å². The molecule has 1 N–H and O–H groups in total. The Morgan fingerprint density at radius 3 is 2.19 bits per heavy atom. The lowest BCUT2D eigenvalue weighted by atomic mass is 10.1. The number of rotatable bonds is 5. The fourth-order valence-electron chi connectivity index (χ4n) is 1.76. The monoisotopic (exact) mass is 321 g/mol. The minimum atomic E-state index is -4.39. The molecule has 1 unspecified atom stereocenters. The highest BCUT2D eigenvalue weighted by atomic mass is 32.2. The summed E-state index contributed by atoms with van der Waals surface area (Å²) in [5.74, 6) is -1.68. The molecular weight excluding hydrogens is 307 g/mol. The van der Waals surface area contributed by atoms with Crippen LogP contribution in [-0.2, 0) is 4.79 Å². The SMILES string of the molecule is CCC(C(=O)O)N(C)C(=O)c1ccc(SC(F)(F)F)cc1. The van der Waals surface area contributed by atoms with Gasteiger partial charge in [0.05, 0.1) is 0 Å². The van der Waals surface area contributed by atoms with Gasteiger partial charge in [0.2, 0.25) is 0 Å². The first-order valence-corrected chi connectivity index (χ1v) is 6.83. The number of carboxylic acid groups (broad SMARTS) is 1. The van der Waals surface area contributed by atoms with Gasteiger partial charge in [-0.2, -0.15) is 13.2 Å². The number of halogens is 3. The molecule has 0 fully saturated rings. The zero-order valence-corrected chi connectivity index (χ0v) is 12.2. The molecule has 0 aliphatic heterocycles. The van der Waals surface area contributed by atoms with Crippen LogP contribution in [0.4, 0.5) is 13.2 Å². The highest BCUT2D eigenvalue weighted by Gasteiger charge is 2.29. The van der Waals surface area contributed by atoms with Crippen molar-refractivity contribution in [2.45, 2.75) is 29.8 Å². The predicted molar refractivity (Wildman–Crippen MR) is 72.2 cm³/mol. The minimum Gasteiger partial charge on any atom is -0.480 e. The molecule has 0 radical (unpaired) electrons. The third kappa shape index (κ3) is 4.96. The average molecular weight is 321 g/mol. The van der Waals surface area contributed by atoms with Gasteiger partial charge in [-0.15, -0.1) is 0 Å². The number of hydrogen-bond donors (Lipinski definition) is 1. The number of hydrogen-bond acceptors (Lipinski definition) is 3. The van der Waals surface area contributed by atoms with Crippen molar-refractivity contribution in [3.8, 4) is 0 Å². The Kier molecular flexibility index (Phi) is 5.65. The molecule has 116 valence electrons. The Balaban J connectivity index is 2.86. The molecule has 1 aromatic carbocycles. The van der Waals surface area contributed by atoms with Gasteiger partial charge in [-0.1, -0.05) is 6.92 Å². The van der Waals surface area contributed by atoms with E-state index in [0.29, 0.717) is 0 Å². The number of amides is 1. The van der Waals surface area contributed by atoms with E-state index < -0.39 is 23.4 Å². The zero-order chi connectivity index (χ0) is 16.2. The maximum absolute atomic E-state index is 12.2. The van der Waals surface area contributed by atoms with Crippen LogP contribution in [0.3, 0.4) is 0 Å². The summed E-state index contributed by atoms with van der Waals surface area (Å²) in [5, 5.41) is 8.99. The molecule has 4 nitrogen and oxygen atoms in total. The maximum atomic E-state index is 12.2. The first kappa shape index (κ1) is 17.4. The number of benzene rings is 1. The van der Waals surface area contributed by atoms with E-state index in [-0.39, 0.29) is 28.6 Å². The fraction of sp³-hybridized carbons (Fsp3) is 0.385. The van der Waals surface area contributed by atoms with E-state index in [0.717, 1.165) is 4.90 Å². The molecule has 0 saturated carbocycles. The summed E-state index contributed by atoms with van der Waals surface area (Å²) in [5.41, 5.74) is -4.25. The molecule has 0 aromatic heterocycles. The van der Waals surface area contributed by atoms with Crippen molar-refractivity contribution in [2.24, 2.45) is 0 Å². The largest absolute Gasteiger partial charge is 0.480 e. The summed E-state index contributed by atoms with van der Waals surface area (Å²) in [6, 6.07) is 3.90. The van der Waals surface area contributed by atoms with E-state index in [1.807, 2.05) is 0 Å². The van der Waals surface area contributed by atoms with Crippen molar-refractivity contribution in [3.63, 3.8) is 0 Å². The van der Waals surface area contributed by atoms with Crippen molar-refractivity contribution < 1.29 is 27.9 Å². The minimum absolute atomic E-state index is 0.0352. The van der Waals surface area contributed by atoms with Crippen LogP contribution in [0.25, 0.3) is 0 Å². The van der Waals surface area contributed by atoms with Crippen molar-refractivity contribution in [3.05, 3.63) is 29.8 Å². The standard InChI is InChI=1S/C13H14F3NO3S/c1-3-10(12(19)20)17(2)11(18)8-4-6-9(7-5-8)21-13(14,15)16/h4-7,10H,3H2,1-2H3,(H,19,20). The Hall–Kier alpha value is -1.70. The topological polar surface area (TPSA) is 57.6 Å². The summed E-state index contributed by atoms with van der Waals surface area (Å²) in [6.07, 6.45) is 0.236. The van der Waals surface area contributed by atoms with Crippen molar-refractivity contribution >= 4 is 23.6 Å². The third-order valence-corrected chi connectivity index (χ3v) is 3.53. The number of carboxylic acids is 1. The molecule has 1 amide bonds. The number of likely N-dealkylation sites (N-methyl/N-ethyl adjacent to an activating group) is 1. The molecular formula is C13H14F3NO3S. The van der Waals surface area contributed by atoms with Gasteiger partial charge in [0.25, 0.3) is 5.91 Å². The summed E-state index contributed by atoms with van der Waals surface area (Å²) < 4.78 is 36.6. The molecule has 0 bridgehead atoms. The third-order valence-electron chi connectivity index (χ3n) is 2.79. The number of nitrogens with zero attached hydrogens (tertiary/aromatic N) is 1. The van der Waals surface area contributed by atoms with Crippen molar-refractivity contribution in [1.82, 2.24) is 4.90 Å². The summed E-state index contributed by atoms with van der Waals surface area (Å²) >= 11 is -0.274. The maximum Gasteiger partial charge on any atom is 0.446 e. The highest BCUT2D eigenvalue weighted by molar-refractivity contribution is 8.00. The first-order chi connectivity index (χ1) is 9.65. The summed E-state index contributed by atoms with van der Waals surface area (Å²) in [4.78, 5) is 24.1. The molecule has 0 spiro atoms. The normalized spacial score (nSPS) is 12.8. The van der Waals surface area contributed by atoms with Gasteiger partial charge in [-0.25, -0.2) is 4.79 Å². The Labute approximate surface area is 123 Å². The summed E-state index contributed by atoms with van der Waals surface area (Å²) in [6.45, 7) is 1.63. The van der Waals surface area contributed by atoms with Crippen LogP contribution in [0.2, 0.25) is 0 Å². The van der Waals surface area contributed by atoms with E-state index in [1.165, 1.54) is 31.3 Å². The number of carbonyl (C=O) groups excluding carboxylic acids is 1. The van der Waals surface area contributed by atoms with Gasteiger partial charge in [0, 0.05) is 17.5 Å². The average Bonchev–Trinajstić information content (AvgIpc) is 2.37. The van der Waals surface area contributed by atoms with Crippen LogP contribution in [-0.4, -0.2) is 40.5 Å². The Morgan fingerprint density at radius 2 is 1.81 bits per heavy atom. The number of aliphatic carboxylic acids is 1. The molecule has 0 aliphatic carbocycles. The second-order valence-corrected chi connectivity index (χ2v) is 5.39. The van der Waals surface area contributed by atoms with Crippen LogP contribution >= 0.6 is 11.8 Å². The van der Waals surface area contributed by atoms with Gasteiger partial charge in [0.1, 0.15) is 6.04 Å². The molecule has 1 rings (SSSR count). The molecule has 0 saturated heterocycles. The van der Waals surface area contributed by atoms with E-state index in [1.54, 1.807) is 6.92 Å². The number of thioether (sulfide) groups is 1. The molecule has 1 aromatic rings. The lowest BCUT2D eigenvalue weighted by molar-refractivity contribution is -0.142. The Bertz CT molecular complexity index is 516. The van der Waals surface area contributed by atoms with Gasteiger partial charge < -0.3 is 10.0 Å². The molecule has 8 heteroatoms. The van der Waals surface area contributed by atoms with E-state index >= 15 is 0 Å². The van der Waals surface area contributed by atoms with Gasteiger partial charge in [0.15, 0.2) is 0 Å².